The smallest absolute Gasteiger partial charge is 0.480 e. The standard InChI is InChI=1S/C13H24N3O17P3/c14-6(12(20)21)1-3-15-8(17)2-4-16(13(15)22)11-10(19)9(18)7(31-11)5-30-35(26,27)33-36(28,29)32-34(23,24)25/h6-7,9-11,18-19H,1-5,14H2,(H,20,21)(H,26,27)(H,28,29)(H2,23,24,25)/t6?,7-,9-,10-,11-/m1/s1. The van der Waals surface area contributed by atoms with Crippen LogP contribution in [0.5, 0.6) is 0 Å². The van der Waals surface area contributed by atoms with E-state index in [9.17, 15) is 43.2 Å². The molecule has 2 aliphatic rings. The first-order chi connectivity index (χ1) is 16.3. The molecular weight excluding hydrogens is 563 g/mol. The number of phosphoric acid groups is 3. The minimum atomic E-state index is -5.79. The molecule has 0 radical (unpaired) electrons. The van der Waals surface area contributed by atoms with Gasteiger partial charge >= 0.3 is 35.5 Å². The lowest BCUT2D eigenvalue weighted by molar-refractivity contribution is -0.141. The molecule has 3 amide bonds. The Morgan fingerprint density at radius 2 is 1.69 bits per heavy atom. The highest BCUT2D eigenvalue weighted by molar-refractivity contribution is 7.66. The molecule has 0 spiro atoms. The first-order valence-electron chi connectivity index (χ1n) is 9.73. The number of nitrogens with two attached hydrogens (primary N) is 1. The molecule has 0 aromatic heterocycles. The molecule has 2 aliphatic heterocycles. The van der Waals surface area contributed by atoms with E-state index in [0.29, 0.717) is 4.90 Å². The molecule has 208 valence electrons. The van der Waals surface area contributed by atoms with Gasteiger partial charge in [-0.3, -0.25) is 23.9 Å². The molecule has 0 aromatic carbocycles. The van der Waals surface area contributed by atoms with Crippen molar-refractivity contribution in [1.29, 1.82) is 0 Å². The molecule has 23 heteroatoms. The summed E-state index contributed by atoms with van der Waals surface area (Å²) < 4.78 is 50.6. The number of imide groups is 1. The van der Waals surface area contributed by atoms with E-state index >= 15 is 0 Å². The number of aliphatic hydroxyl groups is 2. The molecule has 2 rings (SSSR count). The van der Waals surface area contributed by atoms with E-state index in [1.54, 1.807) is 0 Å². The third-order valence-electron chi connectivity index (χ3n) is 4.79. The molecule has 0 bridgehead atoms. The van der Waals surface area contributed by atoms with Crippen molar-refractivity contribution in [3.63, 3.8) is 0 Å². The highest BCUT2D eigenvalue weighted by atomic mass is 31.3. The van der Waals surface area contributed by atoms with E-state index in [1.165, 1.54) is 0 Å². The predicted molar refractivity (Wildman–Crippen MR) is 109 cm³/mol. The van der Waals surface area contributed by atoms with E-state index in [0.717, 1.165) is 4.90 Å². The van der Waals surface area contributed by atoms with Crippen molar-refractivity contribution in [2.45, 2.75) is 43.4 Å². The first kappa shape index (κ1) is 30.9. The number of aliphatic hydroxyl groups excluding tert-OH is 2. The Kier molecular flexibility index (Phi) is 9.94. The molecule has 2 fully saturated rings. The summed E-state index contributed by atoms with van der Waals surface area (Å²) in [5.74, 6) is -2.02. The fraction of sp³-hybridized carbons (Fsp3) is 0.769. The maximum atomic E-state index is 12.7. The summed E-state index contributed by atoms with van der Waals surface area (Å²) in [7, 11) is -17.0. The number of carboxylic acids is 1. The minimum Gasteiger partial charge on any atom is -0.480 e. The van der Waals surface area contributed by atoms with Gasteiger partial charge in [-0.25, -0.2) is 18.5 Å². The summed E-state index contributed by atoms with van der Waals surface area (Å²) in [6.45, 7) is -1.75. The summed E-state index contributed by atoms with van der Waals surface area (Å²) in [4.78, 5) is 72.9. The molecule has 3 unspecified atom stereocenters. The normalized spacial score (nSPS) is 29.6. The molecule has 0 aliphatic carbocycles. The lowest BCUT2D eigenvalue weighted by Gasteiger charge is -2.38. The number of hydrogen-bond donors (Lipinski definition) is 8. The third kappa shape index (κ3) is 8.34. The summed E-state index contributed by atoms with van der Waals surface area (Å²) in [6, 6.07) is -2.37. The number of carboxylic acid groups (broad SMARTS) is 1. The Morgan fingerprint density at radius 3 is 2.25 bits per heavy atom. The van der Waals surface area contributed by atoms with Crippen LogP contribution in [0.4, 0.5) is 4.79 Å². The second kappa shape index (κ2) is 11.6. The number of amides is 3. The molecule has 0 saturated carbocycles. The number of carbonyl (C=O) groups excluding carboxylic acids is 2. The molecule has 0 aromatic rings. The Balaban J connectivity index is 2.03. The predicted octanol–water partition coefficient (Wildman–Crippen LogP) is -2.77. The first-order valence-corrected chi connectivity index (χ1v) is 14.2. The summed E-state index contributed by atoms with van der Waals surface area (Å²) >= 11 is 0. The summed E-state index contributed by atoms with van der Waals surface area (Å²) in [5.41, 5.74) is 5.37. The van der Waals surface area contributed by atoms with Gasteiger partial charge in [0.25, 0.3) is 0 Å². The maximum absolute atomic E-state index is 12.7. The van der Waals surface area contributed by atoms with Gasteiger partial charge in [0.2, 0.25) is 5.91 Å². The Morgan fingerprint density at radius 1 is 1.08 bits per heavy atom. The van der Waals surface area contributed by atoms with E-state index in [2.05, 4.69) is 13.1 Å². The van der Waals surface area contributed by atoms with Crippen LogP contribution in [-0.2, 0) is 41.2 Å². The molecule has 36 heavy (non-hydrogen) atoms. The monoisotopic (exact) mass is 587 g/mol. The summed E-state index contributed by atoms with van der Waals surface area (Å²) in [5, 5.41) is 29.3. The van der Waals surface area contributed by atoms with Crippen LogP contribution in [-0.4, -0.2) is 113 Å². The zero-order chi connectivity index (χ0) is 27.6. The van der Waals surface area contributed by atoms with Crippen molar-refractivity contribution in [2.24, 2.45) is 5.73 Å². The number of carbonyl (C=O) groups is 3. The van der Waals surface area contributed by atoms with Crippen molar-refractivity contribution in [3.8, 4) is 0 Å². The Labute approximate surface area is 201 Å². The van der Waals surface area contributed by atoms with E-state index in [1.807, 2.05) is 0 Å². The van der Waals surface area contributed by atoms with Crippen LogP contribution in [0.25, 0.3) is 0 Å². The van der Waals surface area contributed by atoms with E-state index in [-0.39, 0.29) is 25.9 Å². The van der Waals surface area contributed by atoms with Gasteiger partial charge in [0.15, 0.2) is 6.23 Å². The van der Waals surface area contributed by atoms with Crippen molar-refractivity contribution >= 4 is 41.4 Å². The van der Waals surface area contributed by atoms with Gasteiger partial charge in [-0.1, -0.05) is 0 Å². The van der Waals surface area contributed by atoms with Gasteiger partial charge in [0.1, 0.15) is 24.4 Å². The van der Waals surface area contributed by atoms with Gasteiger partial charge in [-0.2, -0.15) is 8.62 Å². The third-order valence-corrected chi connectivity index (χ3v) is 8.59. The average Bonchev–Trinajstić information content (AvgIpc) is 2.97. The highest BCUT2D eigenvalue weighted by Crippen LogP contribution is 2.66. The fourth-order valence-electron chi connectivity index (χ4n) is 3.15. The number of rotatable bonds is 12. The molecule has 20 nitrogen and oxygen atoms in total. The van der Waals surface area contributed by atoms with Gasteiger partial charge in [-0.05, 0) is 6.42 Å². The zero-order valence-corrected chi connectivity index (χ0v) is 20.6. The molecule has 7 atom stereocenters. The van der Waals surface area contributed by atoms with Crippen molar-refractivity contribution in [3.05, 3.63) is 0 Å². The van der Waals surface area contributed by atoms with Crippen molar-refractivity contribution in [1.82, 2.24) is 9.80 Å². The molecular formula is C13H24N3O17P3. The zero-order valence-electron chi connectivity index (χ0n) is 17.9. The topological polar surface area (TPSA) is 313 Å². The van der Waals surface area contributed by atoms with Crippen LogP contribution >= 0.6 is 23.5 Å². The second-order valence-electron chi connectivity index (χ2n) is 7.44. The largest absolute Gasteiger partial charge is 0.490 e. The highest BCUT2D eigenvalue weighted by Gasteiger charge is 2.50. The molecule has 2 saturated heterocycles. The van der Waals surface area contributed by atoms with Crippen LogP contribution in [0, 0.1) is 0 Å². The fourth-order valence-corrected chi connectivity index (χ4v) is 6.18. The Bertz CT molecular complexity index is 1000. The SMILES string of the molecule is NC(CCN1C(=O)CCN([C@@H]2O[C@H](COP(=O)(O)OP(=O)(O)OP(=O)(O)O)[C@@H](O)[C@H]2O)C1=O)C(=O)O. The quantitative estimate of drug-likeness (QED) is 0.107. The lowest BCUT2D eigenvalue weighted by Crippen LogP contribution is -2.58. The van der Waals surface area contributed by atoms with Crippen LogP contribution in [0.15, 0.2) is 0 Å². The number of ether oxygens (including phenoxy) is 1. The van der Waals surface area contributed by atoms with Crippen LogP contribution < -0.4 is 5.73 Å². The van der Waals surface area contributed by atoms with Crippen molar-refractivity contribution < 1.29 is 80.9 Å². The number of nitrogens with zero attached hydrogens (tertiary/aromatic N) is 2. The average molecular weight is 587 g/mol. The van der Waals surface area contributed by atoms with Crippen LogP contribution in [0.2, 0.25) is 0 Å². The van der Waals surface area contributed by atoms with Crippen molar-refractivity contribution in [2.75, 3.05) is 19.7 Å². The van der Waals surface area contributed by atoms with Gasteiger partial charge < -0.3 is 45.4 Å². The molecule has 9 N–H and O–H groups in total. The summed E-state index contributed by atoms with van der Waals surface area (Å²) in [6.07, 6.45) is -7.48. The van der Waals surface area contributed by atoms with E-state index < -0.39 is 78.6 Å². The molecule has 2 heterocycles. The minimum absolute atomic E-state index is 0.261. The number of phosphoric ester groups is 1. The van der Waals surface area contributed by atoms with Gasteiger partial charge in [0.05, 0.1) is 6.61 Å². The number of hydrogen-bond acceptors (Lipinski definition) is 13. The number of urea groups is 1. The lowest BCUT2D eigenvalue weighted by atomic mass is 10.1. The van der Waals surface area contributed by atoms with E-state index in [4.69, 9.17) is 30.3 Å². The van der Waals surface area contributed by atoms with Crippen LogP contribution in [0.3, 0.4) is 0 Å². The van der Waals surface area contributed by atoms with Gasteiger partial charge in [0, 0.05) is 19.5 Å². The van der Waals surface area contributed by atoms with Gasteiger partial charge in [-0.15, -0.1) is 0 Å². The maximum Gasteiger partial charge on any atom is 0.490 e. The second-order valence-corrected chi connectivity index (χ2v) is 11.9. The van der Waals surface area contributed by atoms with Crippen LogP contribution in [0.1, 0.15) is 12.8 Å². The number of aliphatic carboxylic acids is 1. The Hall–Kier alpha value is -1.34.